The Labute approximate surface area is 102 Å². The molecule has 7 heteroatoms. The molecule has 0 aromatic carbocycles. The number of piperazine rings is 1. The lowest BCUT2D eigenvalue weighted by molar-refractivity contribution is 0.277. The molecule has 16 heavy (non-hydrogen) atoms. The summed E-state index contributed by atoms with van der Waals surface area (Å²) in [6.45, 7) is 3.29. The predicted octanol–water partition coefficient (Wildman–Crippen LogP) is 0.0509. The van der Waals surface area contributed by atoms with Crippen molar-refractivity contribution in [2.24, 2.45) is 0 Å². The minimum Gasteiger partial charge on any atom is -0.598 e. The van der Waals surface area contributed by atoms with Crippen LogP contribution in [0.2, 0.25) is 0 Å². The minimum atomic E-state index is -0.870. The summed E-state index contributed by atoms with van der Waals surface area (Å²) in [4.78, 5) is 6.50. The smallest absolute Gasteiger partial charge is 0.185 e. The second-order valence-electron chi connectivity index (χ2n) is 3.62. The lowest BCUT2D eigenvalue weighted by atomic mass is 10.4. The van der Waals surface area contributed by atoms with Gasteiger partial charge in [-0.2, -0.15) is 0 Å². The first-order valence-corrected chi connectivity index (χ1v) is 7.49. The van der Waals surface area contributed by atoms with Crippen LogP contribution in [0.15, 0.2) is 5.38 Å². The van der Waals surface area contributed by atoms with Crippen molar-refractivity contribution in [2.75, 3.05) is 37.3 Å². The van der Waals surface area contributed by atoms with E-state index in [-0.39, 0.29) is 6.61 Å². The molecular weight excluding hydrogens is 246 g/mol. The molecule has 1 aromatic heterocycles. The van der Waals surface area contributed by atoms with E-state index in [9.17, 15) is 4.55 Å². The summed E-state index contributed by atoms with van der Waals surface area (Å²) < 4.78 is 13.2. The normalized spacial score (nSPS) is 20.1. The number of aliphatic hydroxyl groups excluding tert-OH is 1. The van der Waals surface area contributed by atoms with Crippen molar-refractivity contribution in [3.05, 3.63) is 11.1 Å². The molecule has 1 fully saturated rings. The van der Waals surface area contributed by atoms with Gasteiger partial charge >= 0.3 is 0 Å². The van der Waals surface area contributed by atoms with Crippen LogP contribution < -0.4 is 4.90 Å². The first-order valence-electron chi connectivity index (χ1n) is 5.09. The monoisotopic (exact) mass is 261 g/mol. The van der Waals surface area contributed by atoms with E-state index in [0.29, 0.717) is 0 Å². The van der Waals surface area contributed by atoms with Gasteiger partial charge in [-0.3, -0.25) is 0 Å². The second-order valence-corrected chi connectivity index (χ2v) is 5.82. The highest BCUT2D eigenvalue weighted by atomic mass is 32.2. The third kappa shape index (κ3) is 2.67. The molecule has 1 N–H and O–H groups in total. The van der Waals surface area contributed by atoms with E-state index in [4.69, 9.17) is 5.11 Å². The molecule has 1 atom stereocenters. The Balaban J connectivity index is 1.93. The van der Waals surface area contributed by atoms with Gasteiger partial charge in [0.05, 0.1) is 25.4 Å². The largest absolute Gasteiger partial charge is 0.598 e. The first-order chi connectivity index (χ1) is 7.70. The van der Waals surface area contributed by atoms with E-state index >= 15 is 0 Å². The lowest BCUT2D eigenvalue weighted by Crippen LogP contribution is -2.48. The number of anilines is 1. The molecule has 0 radical (unpaired) electrons. The van der Waals surface area contributed by atoms with Gasteiger partial charge in [0.2, 0.25) is 0 Å². The third-order valence-corrected chi connectivity index (χ3v) is 4.62. The summed E-state index contributed by atoms with van der Waals surface area (Å²) in [6, 6.07) is 0. The van der Waals surface area contributed by atoms with Gasteiger partial charge in [-0.05, 0) is 0 Å². The van der Waals surface area contributed by atoms with Crippen molar-refractivity contribution < 1.29 is 9.66 Å². The Morgan fingerprint density at radius 3 is 2.69 bits per heavy atom. The number of thiazole rings is 1. The topological polar surface area (TPSA) is 62.7 Å². The highest BCUT2D eigenvalue weighted by Gasteiger charge is 2.24. The quantitative estimate of drug-likeness (QED) is 0.779. The molecule has 0 saturated carbocycles. The van der Waals surface area contributed by atoms with E-state index in [2.05, 4.69) is 9.88 Å². The Kier molecular flexibility index (Phi) is 4.04. The molecule has 2 heterocycles. The number of rotatable bonds is 3. The Morgan fingerprint density at radius 2 is 2.19 bits per heavy atom. The highest BCUT2D eigenvalue weighted by molar-refractivity contribution is 7.88. The zero-order chi connectivity index (χ0) is 11.5. The molecule has 2 rings (SSSR count). The van der Waals surface area contributed by atoms with E-state index in [0.717, 1.165) is 37.0 Å². The Hall–Kier alpha value is -0.340. The van der Waals surface area contributed by atoms with Crippen LogP contribution >= 0.6 is 11.3 Å². The SMILES string of the molecule is C[S+]([O-])N1CCN(c2nc(CO)cs2)CC1. The number of hydrogen-bond acceptors (Lipinski definition) is 6. The minimum absolute atomic E-state index is 0.00452. The van der Waals surface area contributed by atoms with Crippen molar-refractivity contribution in [2.45, 2.75) is 6.61 Å². The fraction of sp³-hybridized carbons (Fsp3) is 0.667. The van der Waals surface area contributed by atoms with Gasteiger partial charge < -0.3 is 14.6 Å². The van der Waals surface area contributed by atoms with Crippen molar-refractivity contribution in [1.82, 2.24) is 9.29 Å². The molecule has 1 aromatic rings. The van der Waals surface area contributed by atoms with E-state index < -0.39 is 11.4 Å². The summed E-state index contributed by atoms with van der Waals surface area (Å²) in [6.07, 6.45) is 1.71. The van der Waals surface area contributed by atoms with Crippen LogP contribution in [0.25, 0.3) is 0 Å². The molecule has 0 spiro atoms. The zero-order valence-corrected chi connectivity index (χ0v) is 10.8. The van der Waals surface area contributed by atoms with Gasteiger partial charge in [-0.1, -0.05) is 0 Å². The average Bonchev–Trinajstić information content (AvgIpc) is 2.77. The molecular formula is C9H15N3O2S2. The predicted molar refractivity (Wildman–Crippen MR) is 65.9 cm³/mol. The van der Waals surface area contributed by atoms with E-state index in [1.54, 1.807) is 17.6 Å². The summed E-state index contributed by atoms with van der Waals surface area (Å²) in [7, 11) is 0. The fourth-order valence-corrected chi connectivity index (χ4v) is 3.20. The molecule has 5 nitrogen and oxygen atoms in total. The number of nitrogens with zero attached hydrogens (tertiary/aromatic N) is 3. The van der Waals surface area contributed by atoms with Crippen LogP contribution in [0.1, 0.15) is 5.69 Å². The van der Waals surface area contributed by atoms with Crippen LogP contribution in [-0.2, 0) is 18.0 Å². The van der Waals surface area contributed by atoms with Crippen molar-refractivity contribution in [3.8, 4) is 0 Å². The molecule has 0 bridgehead atoms. The third-order valence-electron chi connectivity index (χ3n) is 2.57. The van der Waals surface area contributed by atoms with Crippen molar-refractivity contribution in [1.29, 1.82) is 0 Å². The molecule has 0 aliphatic carbocycles. The molecule has 90 valence electrons. The van der Waals surface area contributed by atoms with Crippen molar-refractivity contribution in [3.63, 3.8) is 0 Å². The van der Waals surface area contributed by atoms with Crippen molar-refractivity contribution >= 4 is 27.8 Å². The second kappa shape index (κ2) is 5.33. The maximum absolute atomic E-state index is 11.3. The van der Waals surface area contributed by atoms with Crippen LogP contribution in [0.5, 0.6) is 0 Å². The summed E-state index contributed by atoms with van der Waals surface area (Å²) >= 11 is 0.681. The summed E-state index contributed by atoms with van der Waals surface area (Å²) in [5, 5.41) is 11.8. The number of hydrogen-bond donors (Lipinski definition) is 1. The average molecular weight is 261 g/mol. The van der Waals surface area contributed by atoms with Crippen LogP contribution in [0.4, 0.5) is 5.13 Å². The first kappa shape index (κ1) is 12.1. The lowest BCUT2D eigenvalue weighted by Gasteiger charge is -2.33. The van der Waals surface area contributed by atoms with Crippen LogP contribution in [-0.4, -0.2) is 51.4 Å². The Bertz CT molecular complexity index is 337. The van der Waals surface area contributed by atoms with Gasteiger partial charge in [-0.15, -0.1) is 15.6 Å². The Morgan fingerprint density at radius 1 is 1.50 bits per heavy atom. The molecule has 0 amide bonds. The van der Waals surface area contributed by atoms with E-state index in [1.165, 1.54) is 0 Å². The molecule has 1 saturated heterocycles. The number of aliphatic hydroxyl groups is 1. The van der Waals surface area contributed by atoms with Gasteiger partial charge in [0.25, 0.3) is 0 Å². The van der Waals surface area contributed by atoms with Gasteiger partial charge in [0.15, 0.2) is 5.13 Å². The summed E-state index contributed by atoms with van der Waals surface area (Å²) in [5.41, 5.74) is 0.724. The molecule has 1 aliphatic heterocycles. The maximum Gasteiger partial charge on any atom is 0.185 e. The number of aromatic nitrogens is 1. The maximum atomic E-state index is 11.3. The van der Waals surface area contributed by atoms with Gasteiger partial charge in [0, 0.05) is 29.8 Å². The fourth-order valence-electron chi connectivity index (χ4n) is 1.65. The standard InChI is InChI=1S/C9H15N3O2S2/c1-16(14)12-4-2-11(3-5-12)9-10-8(6-13)7-15-9/h7,13H,2-6H2,1H3. The summed E-state index contributed by atoms with van der Waals surface area (Å²) in [5.74, 6) is 0. The van der Waals surface area contributed by atoms with Gasteiger partial charge in [-0.25, -0.2) is 4.98 Å². The van der Waals surface area contributed by atoms with E-state index in [1.807, 2.05) is 9.69 Å². The molecule has 1 aliphatic rings. The highest BCUT2D eigenvalue weighted by Crippen LogP contribution is 2.22. The van der Waals surface area contributed by atoms with Crippen LogP contribution in [0.3, 0.4) is 0 Å². The zero-order valence-electron chi connectivity index (χ0n) is 9.13. The van der Waals surface area contributed by atoms with Crippen LogP contribution in [0, 0.1) is 0 Å². The van der Waals surface area contributed by atoms with Gasteiger partial charge in [0.1, 0.15) is 6.26 Å². The molecule has 1 unspecified atom stereocenters.